The Balaban J connectivity index is 2.08. The Bertz CT molecular complexity index is 764. The van der Waals surface area contributed by atoms with Gasteiger partial charge in [0.15, 0.2) is 0 Å². The molecule has 0 aliphatic carbocycles. The number of aromatic nitrogens is 3. The molecule has 1 N–H and O–H groups in total. The van der Waals surface area contributed by atoms with Crippen LogP contribution in [0, 0.1) is 0 Å². The molecule has 0 amide bonds. The normalized spacial score (nSPS) is 12.6. The highest BCUT2D eigenvalue weighted by Gasteiger charge is 2.18. The first kappa shape index (κ1) is 13.8. The van der Waals surface area contributed by atoms with Gasteiger partial charge < -0.3 is 5.11 Å². The fourth-order valence-electron chi connectivity index (χ4n) is 2.44. The Morgan fingerprint density at radius 3 is 2.95 bits per heavy atom. The maximum Gasteiger partial charge on any atom is 0.335 e. The van der Waals surface area contributed by atoms with Crippen molar-refractivity contribution in [3.63, 3.8) is 0 Å². The van der Waals surface area contributed by atoms with Crippen LogP contribution in [0.2, 0.25) is 0 Å². The lowest BCUT2D eigenvalue weighted by Gasteiger charge is -2.15. The van der Waals surface area contributed by atoms with Crippen molar-refractivity contribution in [1.82, 2.24) is 15.0 Å². The Labute approximate surface area is 125 Å². The number of fused-ring (bicyclic) bond motifs is 1. The summed E-state index contributed by atoms with van der Waals surface area (Å²) in [7, 11) is 0. The summed E-state index contributed by atoms with van der Waals surface area (Å²) < 4.78 is 1.90. The third kappa shape index (κ3) is 2.54. The van der Waals surface area contributed by atoms with Crippen LogP contribution < -0.4 is 0 Å². The number of hydrogen-bond acceptors (Lipinski definition) is 4. The van der Waals surface area contributed by atoms with E-state index in [1.165, 1.54) is 4.88 Å². The van der Waals surface area contributed by atoms with E-state index in [1.807, 2.05) is 10.7 Å². The van der Waals surface area contributed by atoms with Gasteiger partial charge in [0, 0.05) is 4.88 Å². The second-order valence-electron chi connectivity index (χ2n) is 4.86. The molecular formula is C15H15N3O2S. The monoisotopic (exact) mass is 301 g/mol. The van der Waals surface area contributed by atoms with Crippen molar-refractivity contribution in [2.45, 2.75) is 25.8 Å². The molecular weight excluding hydrogens is 286 g/mol. The summed E-state index contributed by atoms with van der Waals surface area (Å²) in [6, 6.07) is 9.24. The van der Waals surface area contributed by atoms with Crippen LogP contribution in [0.15, 0.2) is 35.7 Å². The van der Waals surface area contributed by atoms with E-state index < -0.39 is 5.97 Å². The fraction of sp³-hybridized carbons (Fsp3) is 0.267. The highest BCUT2D eigenvalue weighted by atomic mass is 32.1. The molecule has 3 rings (SSSR count). The van der Waals surface area contributed by atoms with Crippen molar-refractivity contribution in [2.24, 2.45) is 0 Å². The molecule has 5 nitrogen and oxygen atoms in total. The first-order valence-electron chi connectivity index (χ1n) is 6.82. The highest BCUT2D eigenvalue weighted by Crippen LogP contribution is 2.29. The van der Waals surface area contributed by atoms with Crippen LogP contribution >= 0.6 is 11.3 Å². The lowest BCUT2D eigenvalue weighted by molar-refractivity contribution is 0.0697. The molecule has 0 aliphatic rings. The molecule has 2 aromatic heterocycles. The molecule has 0 saturated carbocycles. The van der Waals surface area contributed by atoms with E-state index in [-0.39, 0.29) is 11.6 Å². The van der Waals surface area contributed by atoms with Gasteiger partial charge >= 0.3 is 5.97 Å². The minimum Gasteiger partial charge on any atom is -0.478 e. The maximum absolute atomic E-state index is 11.0. The molecule has 0 fully saturated rings. The first-order valence-corrected chi connectivity index (χ1v) is 7.70. The maximum atomic E-state index is 11.0. The molecule has 2 heterocycles. The smallest absolute Gasteiger partial charge is 0.335 e. The average molecular weight is 301 g/mol. The number of carboxylic acid groups (broad SMARTS) is 1. The summed E-state index contributed by atoms with van der Waals surface area (Å²) in [4.78, 5) is 12.3. The van der Waals surface area contributed by atoms with E-state index >= 15 is 0 Å². The summed E-state index contributed by atoms with van der Waals surface area (Å²) in [6.07, 6.45) is 2.01. The van der Waals surface area contributed by atoms with Crippen LogP contribution in [0.25, 0.3) is 11.0 Å². The number of thiophene rings is 1. The predicted octanol–water partition coefficient (Wildman–Crippen LogP) is 3.58. The van der Waals surface area contributed by atoms with E-state index in [4.69, 9.17) is 5.11 Å². The van der Waals surface area contributed by atoms with Gasteiger partial charge in [-0.1, -0.05) is 24.6 Å². The molecule has 0 bridgehead atoms. The van der Waals surface area contributed by atoms with Gasteiger partial charge in [-0.15, -0.1) is 16.4 Å². The fourth-order valence-corrected chi connectivity index (χ4v) is 3.29. The average Bonchev–Trinajstić information content (AvgIpc) is 3.14. The lowest BCUT2D eigenvalue weighted by atomic mass is 10.1. The van der Waals surface area contributed by atoms with Gasteiger partial charge in [0.1, 0.15) is 5.52 Å². The van der Waals surface area contributed by atoms with Gasteiger partial charge in [0.25, 0.3) is 0 Å². The number of rotatable bonds is 5. The molecule has 21 heavy (non-hydrogen) atoms. The zero-order valence-electron chi connectivity index (χ0n) is 11.6. The van der Waals surface area contributed by atoms with Crippen LogP contribution in [0.5, 0.6) is 0 Å². The summed E-state index contributed by atoms with van der Waals surface area (Å²) in [5.41, 5.74) is 1.72. The molecule has 0 saturated heterocycles. The van der Waals surface area contributed by atoms with Crippen LogP contribution in [-0.2, 0) is 0 Å². The summed E-state index contributed by atoms with van der Waals surface area (Å²) in [6.45, 7) is 2.14. The zero-order valence-corrected chi connectivity index (χ0v) is 12.4. The van der Waals surface area contributed by atoms with E-state index in [1.54, 1.807) is 29.5 Å². The Morgan fingerprint density at radius 1 is 1.43 bits per heavy atom. The zero-order chi connectivity index (χ0) is 14.8. The quantitative estimate of drug-likeness (QED) is 0.782. The highest BCUT2D eigenvalue weighted by molar-refractivity contribution is 7.10. The number of carboxylic acids is 1. The van der Waals surface area contributed by atoms with Crippen molar-refractivity contribution < 1.29 is 9.90 Å². The number of hydrogen-bond donors (Lipinski definition) is 1. The van der Waals surface area contributed by atoms with E-state index in [9.17, 15) is 4.79 Å². The van der Waals surface area contributed by atoms with Crippen molar-refractivity contribution in [3.8, 4) is 0 Å². The molecule has 108 valence electrons. The molecule has 6 heteroatoms. The van der Waals surface area contributed by atoms with Crippen LogP contribution in [-0.4, -0.2) is 26.1 Å². The Morgan fingerprint density at radius 2 is 2.29 bits per heavy atom. The van der Waals surface area contributed by atoms with Gasteiger partial charge in [0.2, 0.25) is 0 Å². The van der Waals surface area contributed by atoms with Gasteiger partial charge in [-0.3, -0.25) is 0 Å². The van der Waals surface area contributed by atoms with Crippen molar-refractivity contribution in [3.05, 3.63) is 46.2 Å². The predicted molar refractivity (Wildman–Crippen MR) is 81.9 cm³/mol. The number of aromatic carboxylic acids is 1. The third-order valence-corrected chi connectivity index (χ3v) is 4.42. The van der Waals surface area contributed by atoms with Gasteiger partial charge in [-0.2, -0.15) is 0 Å². The Hall–Kier alpha value is -2.21. The van der Waals surface area contributed by atoms with E-state index in [2.05, 4.69) is 28.7 Å². The molecule has 1 unspecified atom stereocenters. The van der Waals surface area contributed by atoms with Gasteiger partial charge in [-0.25, -0.2) is 9.48 Å². The van der Waals surface area contributed by atoms with Gasteiger partial charge in [-0.05, 0) is 36.1 Å². The molecule has 1 atom stereocenters. The van der Waals surface area contributed by atoms with E-state index in [0.717, 1.165) is 18.4 Å². The first-order chi connectivity index (χ1) is 10.2. The lowest BCUT2D eigenvalue weighted by Crippen LogP contribution is -2.11. The number of benzene rings is 1. The minimum atomic E-state index is -0.949. The third-order valence-electron chi connectivity index (χ3n) is 3.45. The topological polar surface area (TPSA) is 68.0 Å². The molecule has 0 aliphatic heterocycles. The largest absolute Gasteiger partial charge is 0.478 e. The second-order valence-corrected chi connectivity index (χ2v) is 5.84. The van der Waals surface area contributed by atoms with E-state index in [0.29, 0.717) is 5.52 Å². The van der Waals surface area contributed by atoms with Crippen LogP contribution in [0.1, 0.15) is 41.0 Å². The summed E-state index contributed by atoms with van der Waals surface area (Å²) in [5.74, 6) is -0.949. The number of carbonyl (C=O) groups is 1. The van der Waals surface area contributed by atoms with Crippen molar-refractivity contribution >= 4 is 28.3 Å². The second kappa shape index (κ2) is 5.65. The number of nitrogens with zero attached hydrogens (tertiary/aromatic N) is 3. The SMILES string of the molecule is CCCC(c1cccs1)n1nnc2cc(C(=O)O)ccc21. The molecule has 3 aromatic rings. The van der Waals surface area contributed by atoms with Crippen molar-refractivity contribution in [2.75, 3.05) is 0 Å². The van der Waals surface area contributed by atoms with Crippen LogP contribution in [0.4, 0.5) is 0 Å². The minimum absolute atomic E-state index is 0.149. The molecule has 0 spiro atoms. The van der Waals surface area contributed by atoms with Crippen molar-refractivity contribution in [1.29, 1.82) is 0 Å². The molecule has 1 aromatic carbocycles. The Kier molecular flexibility index (Phi) is 3.70. The van der Waals surface area contributed by atoms with Gasteiger partial charge in [0.05, 0.1) is 17.1 Å². The summed E-state index contributed by atoms with van der Waals surface area (Å²) >= 11 is 1.70. The van der Waals surface area contributed by atoms with Crippen LogP contribution in [0.3, 0.4) is 0 Å². The summed E-state index contributed by atoms with van der Waals surface area (Å²) in [5, 5.41) is 19.5. The molecule has 0 radical (unpaired) electrons. The standard InChI is InChI=1S/C15H15N3O2S/c1-2-4-13(14-5-3-8-21-14)18-12-7-6-10(15(19)20)9-11(12)16-17-18/h3,5-9,13H,2,4H2,1H3,(H,19,20).